The number of aromatic nitrogens is 2. The number of hydrogen-bond donors (Lipinski definition) is 1. The van der Waals surface area contributed by atoms with Crippen LogP contribution in [0.4, 0.5) is 0 Å². The molecule has 3 rings (SSSR count). The number of thioether (sulfide) groups is 1. The molecule has 3 aromatic rings. The molecule has 0 atom stereocenters. The molecular formula is C20H21N3OS. The van der Waals surface area contributed by atoms with Crippen LogP contribution in [0.3, 0.4) is 0 Å². The summed E-state index contributed by atoms with van der Waals surface area (Å²) in [5.74, 6) is 0.382. The Bertz CT molecular complexity index is 858. The highest BCUT2D eigenvalue weighted by atomic mass is 32.2. The van der Waals surface area contributed by atoms with Crippen molar-refractivity contribution >= 4 is 28.7 Å². The lowest BCUT2D eigenvalue weighted by atomic mass is 10.1. The Morgan fingerprint density at radius 2 is 1.92 bits per heavy atom. The molecular weight excluding hydrogens is 330 g/mol. The lowest BCUT2D eigenvalue weighted by molar-refractivity contribution is -0.118. The number of amides is 1. The van der Waals surface area contributed by atoms with Gasteiger partial charge in [0.05, 0.1) is 16.8 Å². The molecule has 0 aliphatic rings. The zero-order chi connectivity index (χ0) is 17.5. The van der Waals surface area contributed by atoms with E-state index in [1.165, 1.54) is 17.3 Å². The topological polar surface area (TPSA) is 46.9 Å². The molecule has 1 heterocycles. The molecule has 0 saturated heterocycles. The number of carbonyl (C=O) groups excluding carboxylic acids is 1. The second-order valence-electron chi connectivity index (χ2n) is 5.66. The fourth-order valence-electron chi connectivity index (χ4n) is 2.64. The smallest absolute Gasteiger partial charge is 0.230 e. The number of allylic oxidation sites excluding steroid dienone is 1. The molecule has 0 fully saturated rings. The maximum absolute atomic E-state index is 12.1. The average Bonchev–Trinajstić information content (AvgIpc) is 2.99. The van der Waals surface area contributed by atoms with E-state index in [0.29, 0.717) is 18.8 Å². The van der Waals surface area contributed by atoms with Crippen molar-refractivity contribution in [3.63, 3.8) is 0 Å². The summed E-state index contributed by atoms with van der Waals surface area (Å²) < 4.78 is 2.09. The number of fused-ring (bicyclic) bond motifs is 1. The molecule has 128 valence electrons. The van der Waals surface area contributed by atoms with Crippen LogP contribution in [0.1, 0.15) is 5.56 Å². The molecule has 25 heavy (non-hydrogen) atoms. The van der Waals surface area contributed by atoms with Crippen molar-refractivity contribution in [2.24, 2.45) is 0 Å². The maximum Gasteiger partial charge on any atom is 0.230 e. The summed E-state index contributed by atoms with van der Waals surface area (Å²) in [6.07, 6.45) is 2.68. The molecule has 0 aliphatic heterocycles. The second kappa shape index (κ2) is 8.53. The summed E-state index contributed by atoms with van der Waals surface area (Å²) in [5.41, 5.74) is 3.23. The van der Waals surface area contributed by atoms with Crippen LogP contribution >= 0.6 is 11.8 Å². The van der Waals surface area contributed by atoms with Crippen molar-refractivity contribution in [3.05, 3.63) is 72.8 Å². The summed E-state index contributed by atoms with van der Waals surface area (Å²) in [4.78, 5) is 16.7. The summed E-state index contributed by atoms with van der Waals surface area (Å²) in [6.45, 7) is 5.14. The fourth-order valence-corrected chi connectivity index (χ4v) is 3.50. The molecule has 0 saturated carbocycles. The number of hydrogen-bond acceptors (Lipinski definition) is 3. The molecule has 0 radical (unpaired) electrons. The third-order valence-electron chi connectivity index (χ3n) is 3.84. The van der Waals surface area contributed by atoms with Crippen molar-refractivity contribution < 1.29 is 4.79 Å². The monoisotopic (exact) mass is 351 g/mol. The van der Waals surface area contributed by atoms with E-state index in [2.05, 4.69) is 33.6 Å². The highest BCUT2D eigenvalue weighted by Crippen LogP contribution is 2.23. The summed E-state index contributed by atoms with van der Waals surface area (Å²) in [5, 5.41) is 3.82. The highest BCUT2D eigenvalue weighted by molar-refractivity contribution is 7.99. The number of nitrogens with one attached hydrogen (secondary N) is 1. The molecule has 0 bridgehead atoms. The molecule has 0 aliphatic carbocycles. The van der Waals surface area contributed by atoms with Gasteiger partial charge in [-0.25, -0.2) is 4.98 Å². The van der Waals surface area contributed by atoms with E-state index >= 15 is 0 Å². The van der Waals surface area contributed by atoms with Crippen LogP contribution in [0.5, 0.6) is 0 Å². The number of imidazole rings is 1. The van der Waals surface area contributed by atoms with Gasteiger partial charge in [-0.3, -0.25) is 4.79 Å². The van der Waals surface area contributed by atoms with Crippen molar-refractivity contribution in [2.45, 2.75) is 18.1 Å². The number of para-hydroxylation sites is 2. The van der Waals surface area contributed by atoms with Crippen LogP contribution in [0.2, 0.25) is 0 Å². The van der Waals surface area contributed by atoms with Crippen LogP contribution in [-0.2, 0) is 17.8 Å². The Balaban J connectivity index is 1.55. The van der Waals surface area contributed by atoms with Crippen molar-refractivity contribution in [2.75, 3.05) is 12.3 Å². The van der Waals surface area contributed by atoms with Gasteiger partial charge in [-0.1, -0.05) is 60.3 Å². The van der Waals surface area contributed by atoms with E-state index in [9.17, 15) is 4.79 Å². The first-order chi connectivity index (χ1) is 12.3. The highest BCUT2D eigenvalue weighted by Gasteiger charge is 2.11. The lowest BCUT2D eigenvalue weighted by Gasteiger charge is -2.07. The Kier molecular flexibility index (Phi) is 5.90. The van der Waals surface area contributed by atoms with E-state index in [4.69, 9.17) is 0 Å². The van der Waals surface area contributed by atoms with Crippen LogP contribution in [0, 0.1) is 0 Å². The van der Waals surface area contributed by atoms with Gasteiger partial charge in [-0.2, -0.15) is 0 Å². The third kappa shape index (κ3) is 4.51. The lowest BCUT2D eigenvalue weighted by Crippen LogP contribution is -2.27. The van der Waals surface area contributed by atoms with E-state index in [-0.39, 0.29) is 5.91 Å². The molecule has 1 amide bonds. The van der Waals surface area contributed by atoms with Crippen LogP contribution in [0.25, 0.3) is 11.0 Å². The number of benzene rings is 2. The molecule has 2 aromatic carbocycles. The van der Waals surface area contributed by atoms with Crippen LogP contribution in [-0.4, -0.2) is 27.8 Å². The first-order valence-electron chi connectivity index (χ1n) is 8.27. The second-order valence-corrected chi connectivity index (χ2v) is 6.60. The van der Waals surface area contributed by atoms with Crippen LogP contribution in [0.15, 0.2) is 72.4 Å². The van der Waals surface area contributed by atoms with Crippen LogP contribution < -0.4 is 5.32 Å². The van der Waals surface area contributed by atoms with E-state index in [1.807, 2.05) is 48.5 Å². The molecule has 0 unspecified atom stereocenters. The summed E-state index contributed by atoms with van der Waals surface area (Å²) in [6, 6.07) is 18.1. The fraction of sp³-hybridized carbons (Fsp3) is 0.200. The van der Waals surface area contributed by atoms with Gasteiger partial charge in [0.25, 0.3) is 0 Å². The number of nitrogens with zero attached hydrogens (tertiary/aromatic N) is 2. The molecule has 1 aromatic heterocycles. The average molecular weight is 351 g/mol. The van der Waals surface area contributed by atoms with Crippen molar-refractivity contribution in [1.82, 2.24) is 14.9 Å². The zero-order valence-electron chi connectivity index (χ0n) is 14.0. The predicted molar refractivity (Wildman–Crippen MR) is 104 cm³/mol. The largest absolute Gasteiger partial charge is 0.355 e. The summed E-state index contributed by atoms with van der Waals surface area (Å²) in [7, 11) is 0. The Hall–Kier alpha value is -2.53. The minimum absolute atomic E-state index is 0.0261. The van der Waals surface area contributed by atoms with E-state index < -0.39 is 0 Å². The Labute approximate surface area is 152 Å². The minimum Gasteiger partial charge on any atom is -0.355 e. The SMILES string of the molecule is C=CCn1c(SCC(=O)NCCc2ccccc2)nc2ccccc21. The Morgan fingerprint density at radius 1 is 1.16 bits per heavy atom. The molecule has 0 spiro atoms. The number of rotatable bonds is 8. The maximum atomic E-state index is 12.1. The first kappa shape index (κ1) is 17.3. The molecule has 5 heteroatoms. The minimum atomic E-state index is 0.0261. The third-order valence-corrected chi connectivity index (χ3v) is 4.82. The van der Waals surface area contributed by atoms with Gasteiger partial charge in [0.2, 0.25) is 5.91 Å². The molecule has 1 N–H and O–H groups in total. The Morgan fingerprint density at radius 3 is 2.72 bits per heavy atom. The molecule has 4 nitrogen and oxygen atoms in total. The quantitative estimate of drug-likeness (QED) is 0.497. The van der Waals surface area contributed by atoms with Gasteiger partial charge in [0.1, 0.15) is 0 Å². The van der Waals surface area contributed by atoms with Gasteiger partial charge in [-0.05, 0) is 24.1 Å². The number of carbonyl (C=O) groups is 1. The predicted octanol–water partition coefficient (Wildman–Crippen LogP) is 3.67. The summed E-state index contributed by atoms with van der Waals surface area (Å²) >= 11 is 1.46. The van der Waals surface area contributed by atoms with Gasteiger partial charge in [0, 0.05) is 13.1 Å². The standard InChI is InChI=1S/C20H21N3OS/c1-2-14-23-18-11-7-6-10-17(18)22-20(23)25-15-19(24)21-13-12-16-8-4-3-5-9-16/h2-11H,1,12-15H2,(H,21,24). The van der Waals surface area contributed by atoms with Gasteiger partial charge in [0.15, 0.2) is 5.16 Å². The van der Waals surface area contributed by atoms with Crippen molar-refractivity contribution in [3.8, 4) is 0 Å². The van der Waals surface area contributed by atoms with Gasteiger partial charge < -0.3 is 9.88 Å². The first-order valence-corrected chi connectivity index (χ1v) is 9.26. The van der Waals surface area contributed by atoms with E-state index in [0.717, 1.165) is 22.6 Å². The van der Waals surface area contributed by atoms with E-state index in [1.54, 1.807) is 0 Å². The van der Waals surface area contributed by atoms with Crippen molar-refractivity contribution in [1.29, 1.82) is 0 Å². The zero-order valence-corrected chi connectivity index (χ0v) is 14.8. The van der Waals surface area contributed by atoms with Gasteiger partial charge >= 0.3 is 0 Å². The van der Waals surface area contributed by atoms with Gasteiger partial charge in [-0.15, -0.1) is 6.58 Å². The normalized spacial score (nSPS) is 10.7.